The Bertz CT molecular complexity index is 374. The molecule has 2 N–H and O–H groups in total. The molecule has 0 spiro atoms. The lowest BCUT2D eigenvalue weighted by Crippen LogP contribution is -2.13. The van der Waals surface area contributed by atoms with Crippen molar-refractivity contribution >= 4 is 18.0 Å². The highest BCUT2D eigenvalue weighted by atomic mass is 16.2. The van der Waals surface area contributed by atoms with Crippen molar-refractivity contribution in [1.82, 2.24) is 5.32 Å². The highest BCUT2D eigenvalue weighted by molar-refractivity contribution is 6.04. The van der Waals surface area contributed by atoms with E-state index in [0.717, 1.165) is 5.56 Å². The minimum Gasteiger partial charge on any atom is -0.348 e. The molecular formula is C9H8N2O2. The number of nitrogens with one attached hydrogen (secondary N) is 2. The van der Waals surface area contributed by atoms with Gasteiger partial charge in [-0.3, -0.25) is 9.59 Å². The topological polar surface area (TPSA) is 58.2 Å². The zero-order valence-corrected chi connectivity index (χ0v) is 6.83. The van der Waals surface area contributed by atoms with Gasteiger partial charge in [0, 0.05) is 6.54 Å². The highest BCUT2D eigenvalue weighted by Gasteiger charge is 2.21. The van der Waals surface area contributed by atoms with Crippen molar-refractivity contribution in [1.29, 1.82) is 0 Å². The summed E-state index contributed by atoms with van der Waals surface area (Å²) in [4.78, 5) is 21.5. The maximum Gasteiger partial charge on any atom is 0.254 e. The largest absolute Gasteiger partial charge is 0.348 e. The van der Waals surface area contributed by atoms with Crippen LogP contribution in [0.4, 0.5) is 5.69 Å². The molecular weight excluding hydrogens is 168 g/mol. The molecule has 2 rings (SSSR count). The molecule has 0 unspecified atom stereocenters. The summed E-state index contributed by atoms with van der Waals surface area (Å²) < 4.78 is 0. The molecule has 0 atom stereocenters. The van der Waals surface area contributed by atoms with Gasteiger partial charge in [0.05, 0.1) is 11.3 Å². The van der Waals surface area contributed by atoms with Crippen LogP contribution in [-0.2, 0) is 11.3 Å². The third-order valence-corrected chi connectivity index (χ3v) is 2.03. The standard InChI is InChI=1S/C9H8N2O2/c12-5-11-7-3-1-2-6-4-10-9(13)8(6)7/h1-3,5H,4H2,(H,10,13)(H,11,12). The van der Waals surface area contributed by atoms with Gasteiger partial charge in [-0.2, -0.15) is 0 Å². The van der Waals surface area contributed by atoms with E-state index in [4.69, 9.17) is 0 Å². The summed E-state index contributed by atoms with van der Waals surface area (Å²) in [6.45, 7) is 0.544. The SMILES string of the molecule is O=CNc1cccc2c1C(=O)NC2. The summed E-state index contributed by atoms with van der Waals surface area (Å²) in [5, 5.41) is 5.19. The molecule has 1 aromatic rings. The molecule has 1 heterocycles. The Morgan fingerprint density at radius 2 is 2.31 bits per heavy atom. The summed E-state index contributed by atoms with van der Waals surface area (Å²) >= 11 is 0. The first-order valence-corrected chi connectivity index (χ1v) is 3.93. The van der Waals surface area contributed by atoms with Crippen LogP contribution < -0.4 is 10.6 Å². The second kappa shape index (κ2) is 2.90. The number of carbonyl (C=O) groups is 2. The predicted octanol–water partition coefficient (Wildman–Crippen LogP) is 0.498. The van der Waals surface area contributed by atoms with Gasteiger partial charge in [-0.1, -0.05) is 12.1 Å². The molecule has 0 saturated heterocycles. The molecule has 0 aliphatic carbocycles. The fourth-order valence-electron chi connectivity index (χ4n) is 1.46. The molecule has 0 saturated carbocycles. The Balaban J connectivity index is 2.52. The number of hydrogen-bond donors (Lipinski definition) is 2. The normalized spacial score (nSPS) is 13.4. The Labute approximate surface area is 74.9 Å². The van der Waals surface area contributed by atoms with Crippen LogP contribution in [0.5, 0.6) is 0 Å². The summed E-state index contributed by atoms with van der Waals surface area (Å²) in [7, 11) is 0. The second-order valence-corrected chi connectivity index (χ2v) is 2.78. The van der Waals surface area contributed by atoms with Crippen LogP contribution in [0, 0.1) is 0 Å². The molecule has 0 radical (unpaired) electrons. The van der Waals surface area contributed by atoms with Crippen molar-refractivity contribution in [2.45, 2.75) is 6.54 Å². The number of rotatable bonds is 2. The monoisotopic (exact) mass is 176 g/mol. The highest BCUT2D eigenvalue weighted by Crippen LogP contribution is 2.23. The minimum absolute atomic E-state index is 0.125. The summed E-state index contributed by atoms with van der Waals surface area (Å²) in [5.41, 5.74) is 2.08. The van der Waals surface area contributed by atoms with E-state index in [0.29, 0.717) is 24.2 Å². The molecule has 4 nitrogen and oxygen atoms in total. The van der Waals surface area contributed by atoms with Crippen LogP contribution in [-0.4, -0.2) is 12.3 Å². The van der Waals surface area contributed by atoms with Gasteiger partial charge in [-0.05, 0) is 11.6 Å². The summed E-state index contributed by atoms with van der Waals surface area (Å²) in [6, 6.07) is 5.38. The van der Waals surface area contributed by atoms with Crippen molar-refractivity contribution < 1.29 is 9.59 Å². The van der Waals surface area contributed by atoms with Crippen molar-refractivity contribution in [3.05, 3.63) is 29.3 Å². The number of carbonyl (C=O) groups excluding carboxylic acids is 2. The third kappa shape index (κ3) is 1.16. The van der Waals surface area contributed by atoms with Crippen LogP contribution in [0.25, 0.3) is 0 Å². The molecule has 13 heavy (non-hydrogen) atoms. The zero-order valence-electron chi connectivity index (χ0n) is 6.83. The van der Waals surface area contributed by atoms with Gasteiger partial charge in [0.1, 0.15) is 0 Å². The van der Waals surface area contributed by atoms with Crippen molar-refractivity contribution in [3.63, 3.8) is 0 Å². The van der Waals surface area contributed by atoms with Crippen LogP contribution in [0.15, 0.2) is 18.2 Å². The Kier molecular flexibility index (Phi) is 1.73. The van der Waals surface area contributed by atoms with E-state index in [1.165, 1.54) is 0 Å². The first-order valence-electron chi connectivity index (χ1n) is 3.93. The summed E-state index contributed by atoms with van der Waals surface area (Å²) in [5.74, 6) is -0.125. The molecule has 1 aliphatic rings. The van der Waals surface area contributed by atoms with Gasteiger partial charge in [-0.25, -0.2) is 0 Å². The van der Waals surface area contributed by atoms with Crippen LogP contribution in [0.1, 0.15) is 15.9 Å². The smallest absolute Gasteiger partial charge is 0.254 e. The van der Waals surface area contributed by atoms with Crippen molar-refractivity contribution in [3.8, 4) is 0 Å². The van der Waals surface area contributed by atoms with Crippen molar-refractivity contribution in [2.75, 3.05) is 5.32 Å². The van der Waals surface area contributed by atoms with E-state index in [9.17, 15) is 9.59 Å². The Hall–Kier alpha value is -1.84. The lowest BCUT2D eigenvalue weighted by molar-refractivity contribution is -0.105. The predicted molar refractivity (Wildman–Crippen MR) is 47.3 cm³/mol. The van der Waals surface area contributed by atoms with Gasteiger partial charge in [0.2, 0.25) is 6.41 Å². The molecule has 2 amide bonds. The van der Waals surface area contributed by atoms with Gasteiger partial charge < -0.3 is 10.6 Å². The molecule has 1 aliphatic heterocycles. The molecule has 0 aromatic heterocycles. The average molecular weight is 176 g/mol. The van der Waals surface area contributed by atoms with Crippen LogP contribution >= 0.6 is 0 Å². The fourth-order valence-corrected chi connectivity index (χ4v) is 1.46. The van der Waals surface area contributed by atoms with Crippen LogP contribution in [0.2, 0.25) is 0 Å². The van der Waals surface area contributed by atoms with E-state index < -0.39 is 0 Å². The second-order valence-electron chi connectivity index (χ2n) is 2.78. The van der Waals surface area contributed by atoms with E-state index in [2.05, 4.69) is 10.6 Å². The number of anilines is 1. The molecule has 4 heteroatoms. The fraction of sp³-hybridized carbons (Fsp3) is 0.111. The van der Waals surface area contributed by atoms with Gasteiger partial charge in [0.25, 0.3) is 5.91 Å². The first kappa shape index (κ1) is 7.79. The van der Waals surface area contributed by atoms with Gasteiger partial charge >= 0.3 is 0 Å². The quantitative estimate of drug-likeness (QED) is 0.644. The third-order valence-electron chi connectivity index (χ3n) is 2.03. The Morgan fingerprint density at radius 1 is 1.46 bits per heavy atom. The van der Waals surface area contributed by atoms with Gasteiger partial charge in [-0.15, -0.1) is 0 Å². The van der Waals surface area contributed by atoms with Gasteiger partial charge in [0.15, 0.2) is 0 Å². The lowest BCUT2D eigenvalue weighted by atomic mass is 10.1. The zero-order chi connectivity index (χ0) is 9.26. The number of benzene rings is 1. The Morgan fingerprint density at radius 3 is 3.08 bits per heavy atom. The van der Waals surface area contributed by atoms with Crippen molar-refractivity contribution in [2.24, 2.45) is 0 Å². The number of amides is 2. The first-order chi connectivity index (χ1) is 6.33. The average Bonchev–Trinajstić information content (AvgIpc) is 2.50. The van der Waals surface area contributed by atoms with Crippen LogP contribution in [0.3, 0.4) is 0 Å². The minimum atomic E-state index is -0.125. The summed E-state index contributed by atoms with van der Waals surface area (Å²) in [6.07, 6.45) is 0.571. The molecule has 0 bridgehead atoms. The molecule has 1 aromatic carbocycles. The van der Waals surface area contributed by atoms with E-state index in [1.807, 2.05) is 12.1 Å². The number of fused-ring (bicyclic) bond motifs is 1. The van der Waals surface area contributed by atoms with E-state index in [1.54, 1.807) is 6.07 Å². The maximum atomic E-state index is 11.3. The van der Waals surface area contributed by atoms with E-state index >= 15 is 0 Å². The number of hydrogen-bond acceptors (Lipinski definition) is 2. The molecule has 66 valence electrons. The van der Waals surface area contributed by atoms with E-state index in [-0.39, 0.29) is 5.91 Å². The lowest BCUT2D eigenvalue weighted by Gasteiger charge is -2.02. The molecule has 0 fully saturated rings. The maximum absolute atomic E-state index is 11.3.